The number of rotatable bonds is 6. The van der Waals surface area contributed by atoms with Gasteiger partial charge >= 0.3 is 0 Å². The standard InChI is InChI=1S/C56H44N6/c1-3-12-37(13-4-1)54-60-55(38-14-5-2-6-15-38)62-56(61-54)42-31-40(35-21-23-36(24-22-35)52-48-27-29-57-34-50(48)53-51(59-52)20-11-28-58-53)30-41(32-42)39-25-26-47-45-18-8-7-16-43(45)44-17-9-10-19-46(44)49(47)33-39/h1-27,29-33,51,54,56-59,61H,28,34H2,(H,60,62). The molecule has 0 spiro atoms. The van der Waals surface area contributed by atoms with Crippen LogP contribution in [0.1, 0.15) is 34.6 Å². The largest absolute Gasteiger partial charge is 0.387 e. The Kier molecular flexibility index (Phi) is 8.82. The van der Waals surface area contributed by atoms with E-state index >= 15 is 0 Å². The third-order valence-electron chi connectivity index (χ3n) is 12.8. The van der Waals surface area contributed by atoms with Crippen molar-refractivity contribution in [2.45, 2.75) is 18.4 Å². The minimum Gasteiger partial charge on any atom is -0.387 e. The Hall–Kier alpha value is -7.67. The molecule has 0 radical (unpaired) electrons. The van der Waals surface area contributed by atoms with Crippen molar-refractivity contribution < 1.29 is 0 Å². The molecule has 8 aromatic rings. The predicted molar refractivity (Wildman–Crippen MR) is 256 cm³/mol. The number of benzene rings is 8. The zero-order valence-electron chi connectivity index (χ0n) is 34.1. The monoisotopic (exact) mass is 800 g/mol. The van der Waals surface area contributed by atoms with Gasteiger partial charge in [0.05, 0.1) is 6.04 Å². The lowest BCUT2D eigenvalue weighted by Crippen LogP contribution is -2.44. The van der Waals surface area contributed by atoms with Crippen LogP contribution in [-0.4, -0.2) is 25.0 Å². The number of nitrogens with zero attached hydrogens (tertiary/aromatic N) is 1. The van der Waals surface area contributed by atoms with Crippen LogP contribution in [0, 0.1) is 0 Å². The van der Waals surface area contributed by atoms with Gasteiger partial charge in [-0.3, -0.25) is 5.32 Å². The van der Waals surface area contributed by atoms with Crippen molar-refractivity contribution in [1.29, 1.82) is 0 Å². The van der Waals surface area contributed by atoms with Crippen LogP contribution >= 0.6 is 0 Å². The number of hydrogen-bond acceptors (Lipinski definition) is 6. The van der Waals surface area contributed by atoms with Gasteiger partial charge in [0, 0.05) is 41.2 Å². The van der Waals surface area contributed by atoms with E-state index in [4.69, 9.17) is 4.99 Å². The molecule has 0 saturated carbocycles. The van der Waals surface area contributed by atoms with Crippen molar-refractivity contribution in [2.75, 3.05) is 13.1 Å². The van der Waals surface area contributed by atoms with Crippen LogP contribution in [-0.2, 0) is 0 Å². The molecule has 5 N–H and O–H groups in total. The highest BCUT2D eigenvalue weighted by Gasteiger charge is 2.30. The van der Waals surface area contributed by atoms with E-state index in [1.165, 1.54) is 60.3 Å². The second-order valence-electron chi connectivity index (χ2n) is 16.5. The molecule has 3 atom stereocenters. The molecule has 0 fully saturated rings. The van der Waals surface area contributed by atoms with Crippen molar-refractivity contribution in [3.8, 4) is 22.3 Å². The summed E-state index contributed by atoms with van der Waals surface area (Å²) in [4.78, 5) is 5.39. The molecule has 6 nitrogen and oxygen atoms in total. The minimum atomic E-state index is -0.318. The van der Waals surface area contributed by atoms with Crippen LogP contribution in [0.3, 0.4) is 0 Å². The average molecular weight is 801 g/mol. The fourth-order valence-electron chi connectivity index (χ4n) is 9.79. The van der Waals surface area contributed by atoms with Gasteiger partial charge in [-0.15, -0.1) is 0 Å². The summed E-state index contributed by atoms with van der Waals surface area (Å²) < 4.78 is 0. The van der Waals surface area contributed by atoms with Gasteiger partial charge in [0.15, 0.2) is 0 Å². The summed E-state index contributed by atoms with van der Waals surface area (Å²) >= 11 is 0. The number of dihydropyridines is 1. The van der Waals surface area contributed by atoms with Gasteiger partial charge in [0.25, 0.3) is 0 Å². The van der Waals surface area contributed by atoms with Crippen LogP contribution in [0.15, 0.2) is 216 Å². The summed E-state index contributed by atoms with van der Waals surface area (Å²) in [5.41, 5.74) is 14.1. The number of aliphatic imine (C=N–C) groups is 1. The minimum absolute atomic E-state index is 0.125. The topological polar surface area (TPSA) is 72.5 Å². The van der Waals surface area contributed by atoms with Gasteiger partial charge in [0.2, 0.25) is 0 Å². The van der Waals surface area contributed by atoms with Crippen molar-refractivity contribution >= 4 is 43.9 Å². The maximum Gasteiger partial charge on any atom is 0.131 e. The summed E-state index contributed by atoms with van der Waals surface area (Å²) in [6.07, 6.45) is 8.27. The molecule has 0 aliphatic carbocycles. The molecule has 0 aromatic heterocycles. The summed E-state index contributed by atoms with van der Waals surface area (Å²) in [5, 5.41) is 26.1. The fraction of sp³-hybridized carbons (Fsp3) is 0.0893. The smallest absolute Gasteiger partial charge is 0.131 e. The predicted octanol–water partition coefficient (Wildman–Crippen LogP) is 11.0. The molecule has 4 aliphatic rings. The van der Waals surface area contributed by atoms with E-state index in [2.05, 4.69) is 221 Å². The Balaban J connectivity index is 1.01. The van der Waals surface area contributed by atoms with Crippen molar-refractivity contribution in [3.63, 3.8) is 0 Å². The van der Waals surface area contributed by atoms with Crippen LogP contribution in [0.5, 0.6) is 0 Å². The molecule has 0 saturated heterocycles. The first kappa shape index (κ1) is 36.2. The maximum atomic E-state index is 5.39. The highest BCUT2D eigenvalue weighted by atomic mass is 15.3. The Morgan fingerprint density at radius 2 is 1.13 bits per heavy atom. The van der Waals surface area contributed by atoms with Gasteiger partial charge < -0.3 is 21.3 Å². The number of nitrogens with one attached hydrogen (secondary N) is 5. The van der Waals surface area contributed by atoms with Crippen LogP contribution in [0.2, 0.25) is 0 Å². The number of hydrogen-bond donors (Lipinski definition) is 5. The Bertz CT molecular complexity index is 3180. The lowest BCUT2D eigenvalue weighted by molar-refractivity contribution is 0.409. The molecule has 0 amide bonds. The Morgan fingerprint density at radius 1 is 0.500 bits per heavy atom. The van der Waals surface area contributed by atoms with Gasteiger partial charge in [-0.05, 0) is 108 Å². The first-order chi connectivity index (χ1) is 30.7. The highest BCUT2D eigenvalue weighted by Crippen LogP contribution is 2.40. The second kappa shape index (κ2) is 15.1. The quantitative estimate of drug-likeness (QED) is 0.0856. The molecular formula is C56H44N6. The van der Waals surface area contributed by atoms with Gasteiger partial charge in [-0.1, -0.05) is 158 Å². The van der Waals surface area contributed by atoms with Crippen LogP contribution in [0.4, 0.5) is 0 Å². The Morgan fingerprint density at radius 3 is 1.87 bits per heavy atom. The molecular weight excluding hydrogens is 757 g/mol. The number of amidine groups is 1. The van der Waals surface area contributed by atoms with Crippen LogP contribution in [0.25, 0.3) is 60.3 Å². The summed E-state index contributed by atoms with van der Waals surface area (Å²) in [7, 11) is 0. The molecule has 12 rings (SSSR count). The fourth-order valence-corrected chi connectivity index (χ4v) is 9.79. The normalized spacial score (nSPS) is 19.3. The molecule has 8 aromatic carbocycles. The number of allylic oxidation sites excluding steroid dienone is 1. The molecule has 6 heteroatoms. The number of fused-ring (bicyclic) bond motifs is 8. The average Bonchev–Trinajstić information content (AvgIpc) is 3.36. The lowest BCUT2D eigenvalue weighted by Gasteiger charge is -2.35. The lowest BCUT2D eigenvalue weighted by atomic mass is 9.88. The first-order valence-electron chi connectivity index (χ1n) is 21.6. The van der Waals surface area contributed by atoms with Crippen molar-refractivity contribution in [2.24, 2.45) is 4.99 Å². The van der Waals surface area contributed by atoms with E-state index in [0.717, 1.165) is 58.0 Å². The Labute approximate surface area is 361 Å². The first-order valence-corrected chi connectivity index (χ1v) is 21.6. The van der Waals surface area contributed by atoms with E-state index in [9.17, 15) is 0 Å². The third-order valence-corrected chi connectivity index (χ3v) is 12.8. The molecule has 62 heavy (non-hydrogen) atoms. The van der Waals surface area contributed by atoms with Gasteiger partial charge in [-0.25, -0.2) is 4.99 Å². The van der Waals surface area contributed by atoms with E-state index in [-0.39, 0.29) is 18.4 Å². The highest BCUT2D eigenvalue weighted by molar-refractivity contribution is 6.25. The molecule has 4 aliphatic heterocycles. The van der Waals surface area contributed by atoms with E-state index in [0.29, 0.717) is 0 Å². The summed E-state index contributed by atoms with van der Waals surface area (Å²) in [6.45, 7) is 1.66. The molecule has 4 heterocycles. The molecule has 3 unspecified atom stereocenters. The van der Waals surface area contributed by atoms with E-state index in [1.807, 2.05) is 0 Å². The SMILES string of the molecule is C1=CC2NC(c3ccc(-c4cc(-c5ccc6c7ccccc7c7ccccc7c6c5)cc(C5N=C(c6ccccc6)NC(c6ccccc6)N5)c4)cc3)=C3C=CNCC3=C2NC1. The summed E-state index contributed by atoms with van der Waals surface area (Å²) in [6, 6.07) is 61.8. The summed E-state index contributed by atoms with van der Waals surface area (Å²) in [5.74, 6) is 0.865. The molecule has 0 bridgehead atoms. The van der Waals surface area contributed by atoms with Crippen molar-refractivity contribution in [1.82, 2.24) is 26.6 Å². The zero-order chi connectivity index (χ0) is 41.0. The zero-order valence-corrected chi connectivity index (χ0v) is 34.1. The maximum absolute atomic E-state index is 5.39. The second-order valence-corrected chi connectivity index (χ2v) is 16.5. The van der Waals surface area contributed by atoms with Gasteiger partial charge in [-0.2, -0.15) is 0 Å². The van der Waals surface area contributed by atoms with E-state index in [1.54, 1.807) is 0 Å². The van der Waals surface area contributed by atoms with Crippen LogP contribution < -0.4 is 26.6 Å². The third kappa shape index (κ3) is 6.35. The molecule has 298 valence electrons. The van der Waals surface area contributed by atoms with Gasteiger partial charge in [0.1, 0.15) is 18.2 Å². The van der Waals surface area contributed by atoms with E-state index < -0.39 is 0 Å². The van der Waals surface area contributed by atoms with Crippen molar-refractivity contribution in [3.05, 3.63) is 233 Å².